The van der Waals surface area contributed by atoms with Crippen LogP contribution in [-0.2, 0) is 4.79 Å². The summed E-state index contributed by atoms with van der Waals surface area (Å²) in [5, 5.41) is 9.03. The van der Waals surface area contributed by atoms with Crippen LogP contribution in [0.15, 0.2) is 36.0 Å². The lowest BCUT2D eigenvalue weighted by atomic mass is 9.59. The first-order valence-electron chi connectivity index (χ1n) is 6.22. The molecule has 1 fully saturated rings. The number of carboxylic acids is 1. The Morgan fingerprint density at radius 3 is 2.94 bits per heavy atom. The molecule has 0 spiro atoms. The minimum Gasteiger partial charge on any atom is -0.478 e. The zero-order chi connectivity index (χ0) is 12.6. The Morgan fingerprint density at radius 1 is 1.59 bits per heavy atom. The van der Waals surface area contributed by atoms with Crippen LogP contribution in [-0.4, -0.2) is 11.1 Å². The van der Waals surface area contributed by atoms with Crippen molar-refractivity contribution in [3.8, 4) is 0 Å². The van der Waals surface area contributed by atoms with E-state index >= 15 is 0 Å². The molecule has 3 unspecified atom stereocenters. The average Bonchev–Trinajstić information content (AvgIpc) is 2.27. The molecule has 1 N–H and O–H groups in total. The third kappa shape index (κ3) is 2.08. The van der Waals surface area contributed by atoms with Crippen molar-refractivity contribution in [2.75, 3.05) is 0 Å². The topological polar surface area (TPSA) is 37.3 Å². The van der Waals surface area contributed by atoms with Gasteiger partial charge in [-0.2, -0.15) is 0 Å². The molecule has 0 aromatic heterocycles. The molecular weight excluding hydrogens is 212 g/mol. The van der Waals surface area contributed by atoms with Gasteiger partial charge in [0, 0.05) is 5.57 Å². The van der Waals surface area contributed by atoms with Gasteiger partial charge in [0.1, 0.15) is 0 Å². The smallest absolute Gasteiger partial charge is 0.331 e. The summed E-state index contributed by atoms with van der Waals surface area (Å²) in [4.78, 5) is 11.0. The van der Waals surface area contributed by atoms with E-state index in [-0.39, 0.29) is 11.3 Å². The van der Waals surface area contributed by atoms with Crippen LogP contribution in [0.3, 0.4) is 0 Å². The van der Waals surface area contributed by atoms with E-state index in [0.29, 0.717) is 11.5 Å². The summed E-state index contributed by atoms with van der Waals surface area (Å²) < 4.78 is 0. The highest BCUT2D eigenvalue weighted by Crippen LogP contribution is 2.50. The van der Waals surface area contributed by atoms with Crippen LogP contribution in [0, 0.1) is 17.3 Å². The fourth-order valence-electron chi connectivity index (χ4n) is 3.26. The van der Waals surface area contributed by atoms with Gasteiger partial charge in [-0.25, -0.2) is 4.79 Å². The summed E-state index contributed by atoms with van der Waals surface area (Å²) in [5.74, 6) is -0.227. The van der Waals surface area contributed by atoms with Crippen molar-refractivity contribution >= 4 is 5.97 Å². The number of allylic oxidation sites excluding steroid dienone is 4. The Kier molecular flexibility index (Phi) is 2.98. The lowest BCUT2D eigenvalue weighted by Gasteiger charge is -2.45. The van der Waals surface area contributed by atoms with Crippen molar-refractivity contribution in [1.82, 2.24) is 0 Å². The number of carboxylic acid groups (broad SMARTS) is 1. The zero-order valence-corrected chi connectivity index (χ0v) is 10.6. The number of hydrogen-bond acceptors (Lipinski definition) is 1. The minimum absolute atomic E-state index is 0.139. The number of fused-ring (bicyclic) bond motifs is 1. The van der Waals surface area contributed by atoms with E-state index in [2.05, 4.69) is 38.7 Å². The standard InChI is InChI=1S/C15H20O2/c1-10-5-4-7-15(3)8-6-12(9-13(10)15)11(2)14(16)17/h4-5,7,12-13H,2,6,8-9H2,1,3H3,(H,16,17). The fourth-order valence-corrected chi connectivity index (χ4v) is 3.26. The van der Waals surface area contributed by atoms with Crippen molar-refractivity contribution in [3.63, 3.8) is 0 Å². The molecule has 0 aromatic rings. The Hall–Kier alpha value is -1.31. The number of aliphatic carboxylic acids is 1. The molecule has 1 saturated carbocycles. The first-order chi connectivity index (χ1) is 7.94. The van der Waals surface area contributed by atoms with Gasteiger partial charge in [0.05, 0.1) is 0 Å². The van der Waals surface area contributed by atoms with Gasteiger partial charge in [0.15, 0.2) is 0 Å². The molecule has 0 heterocycles. The third-order valence-corrected chi connectivity index (χ3v) is 4.50. The minimum atomic E-state index is -0.841. The molecule has 2 nitrogen and oxygen atoms in total. The summed E-state index contributed by atoms with van der Waals surface area (Å²) in [5.41, 5.74) is 1.97. The lowest BCUT2D eigenvalue weighted by Crippen LogP contribution is -2.36. The third-order valence-electron chi connectivity index (χ3n) is 4.50. The van der Waals surface area contributed by atoms with E-state index in [9.17, 15) is 4.79 Å². The summed E-state index contributed by atoms with van der Waals surface area (Å²) in [6, 6.07) is 0. The van der Waals surface area contributed by atoms with Gasteiger partial charge in [-0.1, -0.05) is 37.3 Å². The van der Waals surface area contributed by atoms with Crippen molar-refractivity contribution in [1.29, 1.82) is 0 Å². The van der Waals surface area contributed by atoms with Gasteiger partial charge in [0.25, 0.3) is 0 Å². The van der Waals surface area contributed by atoms with Crippen LogP contribution < -0.4 is 0 Å². The molecule has 2 rings (SSSR count). The van der Waals surface area contributed by atoms with Crippen LogP contribution >= 0.6 is 0 Å². The number of carbonyl (C=O) groups is 1. The summed E-state index contributed by atoms with van der Waals surface area (Å²) in [6.45, 7) is 8.16. The Balaban J connectivity index is 2.19. The predicted molar refractivity (Wildman–Crippen MR) is 68.6 cm³/mol. The summed E-state index contributed by atoms with van der Waals surface area (Å²) in [7, 11) is 0. The van der Waals surface area contributed by atoms with Gasteiger partial charge >= 0.3 is 5.97 Å². The molecule has 3 atom stereocenters. The van der Waals surface area contributed by atoms with Crippen LogP contribution in [0.1, 0.15) is 33.1 Å². The fraction of sp³-hybridized carbons (Fsp3) is 0.533. The normalized spacial score (nSPS) is 36.0. The number of rotatable bonds is 2. The van der Waals surface area contributed by atoms with Crippen LogP contribution in [0.2, 0.25) is 0 Å². The molecule has 2 heteroatoms. The van der Waals surface area contributed by atoms with Crippen molar-refractivity contribution in [2.45, 2.75) is 33.1 Å². The Labute approximate surface area is 103 Å². The molecule has 2 aliphatic carbocycles. The lowest BCUT2D eigenvalue weighted by molar-refractivity contribution is -0.133. The van der Waals surface area contributed by atoms with Crippen LogP contribution in [0.4, 0.5) is 0 Å². The highest BCUT2D eigenvalue weighted by atomic mass is 16.4. The van der Waals surface area contributed by atoms with E-state index in [1.54, 1.807) is 0 Å². The van der Waals surface area contributed by atoms with Crippen molar-refractivity contribution in [2.24, 2.45) is 17.3 Å². The second-order valence-corrected chi connectivity index (χ2v) is 5.63. The number of hydrogen-bond donors (Lipinski definition) is 1. The first kappa shape index (κ1) is 12.2. The molecule has 17 heavy (non-hydrogen) atoms. The van der Waals surface area contributed by atoms with E-state index in [1.807, 2.05) is 0 Å². The second-order valence-electron chi connectivity index (χ2n) is 5.63. The molecule has 2 aliphatic rings. The van der Waals surface area contributed by atoms with Gasteiger partial charge in [-0.15, -0.1) is 0 Å². The van der Waals surface area contributed by atoms with Crippen molar-refractivity contribution < 1.29 is 9.90 Å². The predicted octanol–water partition coefficient (Wildman–Crippen LogP) is 3.57. The van der Waals surface area contributed by atoms with Crippen LogP contribution in [0.5, 0.6) is 0 Å². The Bertz CT molecular complexity index is 417. The highest BCUT2D eigenvalue weighted by Gasteiger charge is 2.41. The van der Waals surface area contributed by atoms with Gasteiger partial charge in [0.2, 0.25) is 0 Å². The maximum atomic E-state index is 11.0. The molecule has 0 aromatic carbocycles. The summed E-state index contributed by atoms with van der Waals surface area (Å²) in [6.07, 6.45) is 9.49. The maximum Gasteiger partial charge on any atom is 0.331 e. The average molecular weight is 232 g/mol. The molecule has 0 saturated heterocycles. The quantitative estimate of drug-likeness (QED) is 0.739. The molecular formula is C15H20O2. The molecule has 0 bridgehead atoms. The second kappa shape index (κ2) is 4.17. The van der Waals surface area contributed by atoms with Gasteiger partial charge < -0.3 is 5.11 Å². The molecule has 92 valence electrons. The molecule has 0 amide bonds. The maximum absolute atomic E-state index is 11.0. The zero-order valence-electron chi connectivity index (χ0n) is 10.6. The van der Waals surface area contributed by atoms with Gasteiger partial charge in [-0.3, -0.25) is 0 Å². The van der Waals surface area contributed by atoms with Gasteiger partial charge in [-0.05, 0) is 43.4 Å². The summed E-state index contributed by atoms with van der Waals surface area (Å²) >= 11 is 0. The molecule has 0 aliphatic heterocycles. The van der Waals surface area contributed by atoms with Crippen LogP contribution in [0.25, 0.3) is 0 Å². The SMILES string of the molecule is C=C(C(=O)O)C1CCC2(C)C=CC=C(C)C2C1. The Morgan fingerprint density at radius 2 is 2.29 bits per heavy atom. The van der Waals surface area contributed by atoms with Crippen molar-refractivity contribution in [3.05, 3.63) is 36.0 Å². The van der Waals surface area contributed by atoms with E-state index in [4.69, 9.17) is 5.11 Å². The van der Waals surface area contributed by atoms with E-state index < -0.39 is 5.97 Å². The first-order valence-corrected chi connectivity index (χ1v) is 6.22. The van der Waals surface area contributed by atoms with E-state index in [0.717, 1.165) is 19.3 Å². The van der Waals surface area contributed by atoms with E-state index in [1.165, 1.54) is 5.57 Å². The molecule has 0 radical (unpaired) electrons. The highest BCUT2D eigenvalue weighted by molar-refractivity contribution is 5.86. The monoisotopic (exact) mass is 232 g/mol. The largest absolute Gasteiger partial charge is 0.478 e.